The van der Waals surface area contributed by atoms with Crippen molar-refractivity contribution in [3.63, 3.8) is 0 Å². The first-order valence-electron chi connectivity index (χ1n) is 6.93. The van der Waals surface area contributed by atoms with E-state index in [1.165, 1.54) is 29.7 Å². The first-order chi connectivity index (χ1) is 8.49. The summed E-state index contributed by atoms with van der Waals surface area (Å²) in [6.07, 6.45) is 5.02. The van der Waals surface area contributed by atoms with Gasteiger partial charge < -0.3 is 5.32 Å². The molecule has 100 valence electrons. The van der Waals surface area contributed by atoms with Crippen LogP contribution in [-0.2, 0) is 7.05 Å². The molecule has 1 aromatic heterocycles. The lowest BCUT2D eigenvalue weighted by atomic mass is 9.99. The van der Waals surface area contributed by atoms with Crippen LogP contribution in [0.1, 0.15) is 43.6 Å². The highest BCUT2D eigenvalue weighted by Gasteiger charge is 2.21. The zero-order valence-electron chi connectivity index (χ0n) is 12.2. The number of aromatic nitrogens is 2. The number of aryl methyl sites for hydroxylation is 2. The van der Waals surface area contributed by atoms with Crippen molar-refractivity contribution < 1.29 is 0 Å². The van der Waals surface area contributed by atoms with Gasteiger partial charge in [0.2, 0.25) is 0 Å². The van der Waals surface area contributed by atoms with Gasteiger partial charge in [-0.05, 0) is 32.6 Å². The zero-order chi connectivity index (χ0) is 13.3. The summed E-state index contributed by atoms with van der Waals surface area (Å²) >= 11 is 0. The van der Waals surface area contributed by atoms with Crippen molar-refractivity contribution in [3.8, 4) is 0 Å². The van der Waals surface area contributed by atoms with Crippen LogP contribution in [-0.4, -0.2) is 22.4 Å². The molecule has 1 saturated carbocycles. The van der Waals surface area contributed by atoms with Gasteiger partial charge >= 0.3 is 0 Å². The average molecular weight is 247 g/mol. The van der Waals surface area contributed by atoms with E-state index < -0.39 is 0 Å². The maximum Gasteiger partial charge on any atom is 0.0668 e. The van der Waals surface area contributed by atoms with E-state index in [0.717, 1.165) is 18.3 Å². The normalized spacial score (nSPS) is 16.7. The van der Waals surface area contributed by atoms with Crippen LogP contribution >= 0.6 is 0 Å². The highest BCUT2D eigenvalue weighted by atomic mass is 15.3. The Bertz CT molecular complexity index is 451. The lowest BCUT2D eigenvalue weighted by molar-refractivity contribution is 0.662. The predicted molar refractivity (Wildman–Crippen MR) is 76.5 cm³/mol. The number of rotatable bonds is 5. The lowest BCUT2D eigenvalue weighted by Crippen LogP contribution is -2.21. The van der Waals surface area contributed by atoms with E-state index in [-0.39, 0.29) is 0 Å². The van der Waals surface area contributed by atoms with E-state index in [1.807, 2.05) is 11.7 Å². The summed E-state index contributed by atoms with van der Waals surface area (Å²) in [6.45, 7) is 9.77. The lowest BCUT2D eigenvalue weighted by Gasteiger charge is -2.12. The Balaban J connectivity index is 2.19. The van der Waals surface area contributed by atoms with Crippen molar-refractivity contribution in [2.45, 2.75) is 46.6 Å². The average Bonchev–Trinajstić information content (AvgIpc) is 3.07. The van der Waals surface area contributed by atoms with Gasteiger partial charge in [-0.3, -0.25) is 4.68 Å². The largest absolute Gasteiger partial charge is 0.310 e. The molecular formula is C15H25N3. The molecule has 1 aliphatic carbocycles. The van der Waals surface area contributed by atoms with Gasteiger partial charge in [-0.15, -0.1) is 0 Å². The van der Waals surface area contributed by atoms with Gasteiger partial charge in [0.15, 0.2) is 0 Å². The zero-order valence-corrected chi connectivity index (χ0v) is 12.2. The van der Waals surface area contributed by atoms with Crippen LogP contribution in [0.4, 0.5) is 0 Å². The summed E-state index contributed by atoms with van der Waals surface area (Å²) in [5.74, 6) is 0.579. The molecule has 1 aliphatic rings. The van der Waals surface area contributed by atoms with E-state index in [2.05, 4.69) is 44.2 Å². The molecule has 0 spiro atoms. The molecule has 0 atom stereocenters. The third-order valence-electron chi connectivity index (χ3n) is 3.81. The molecule has 0 unspecified atom stereocenters. The van der Waals surface area contributed by atoms with Gasteiger partial charge in [0.1, 0.15) is 0 Å². The third-order valence-corrected chi connectivity index (χ3v) is 3.81. The molecule has 0 bridgehead atoms. The van der Waals surface area contributed by atoms with E-state index in [0.29, 0.717) is 5.92 Å². The quantitative estimate of drug-likeness (QED) is 0.867. The van der Waals surface area contributed by atoms with Gasteiger partial charge in [0, 0.05) is 30.9 Å². The molecule has 0 aromatic carbocycles. The van der Waals surface area contributed by atoms with Crippen molar-refractivity contribution >= 4 is 6.08 Å². The first kappa shape index (κ1) is 13.3. The van der Waals surface area contributed by atoms with Gasteiger partial charge in [0.05, 0.1) is 5.69 Å². The van der Waals surface area contributed by atoms with Gasteiger partial charge in [-0.2, -0.15) is 5.10 Å². The minimum atomic E-state index is 0.579. The number of hydrogen-bond donors (Lipinski definition) is 1. The molecule has 3 nitrogen and oxygen atoms in total. The second-order valence-corrected chi connectivity index (χ2v) is 5.74. The van der Waals surface area contributed by atoms with Gasteiger partial charge in [0.25, 0.3) is 0 Å². The fourth-order valence-electron chi connectivity index (χ4n) is 2.16. The summed E-state index contributed by atoms with van der Waals surface area (Å²) in [5.41, 5.74) is 5.14. The Labute approximate surface area is 110 Å². The molecule has 1 heterocycles. The topological polar surface area (TPSA) is 29.9 Å². The smallest absolute Gasteiger partial charge is 0.0668 e. The maximum absolute atomic E-state index is 4.48. The van der Waals surface area contributed by atoms with E-state index in [9.17, 15) is 0 Å². The molecule has 3 heteroatoms. The first-order valence-corrected chi connectivity index (χ1v) is 6.93. The Kier molecular flexibility index (Phi) is 3.91. The van der Waals surface area contributed by atoms with Crippen LogP contribution in [0.3, 0.4) is 0 Å². The van der Waals surface area contributed by atoms with Crippen molar-refractivity contribution in [1.29, 1.82) is 0 Å². The van der Waals surface area contributed by atoms with Crippen LogP contribution in [0.5, 0.6) is 0 Å². The van der Waals surface area contributed by atoms with Crippen LogP contribution in [0, 0.1) is 19.8 Å². The molecule has 2 rings (SSSR count). The monoisotopic (exact) mass is 247 g/mol. The van der Waals surface area contributed by atoms with Crippen molar-refractivity contribution in [2.75, 3.05) is 6.54 Å². The van der Waals surface area contributed by atoms with Crippen LogP contribution < -0.4 is 5.32 Å². The molecular weight excluding hydrogens is 222 g/mol. The number of nitrogens with zero attached hydrogens (tertiary/aromatic N) is 2. The summed E-state index contributed by atoms with van der Waals surface area (Å²) in [7, 11) is 2.01. The molecule has 18 heavy (non-hydrogen) atoms. The van der Waals surface area contributed by atoms with E-state index >= 15 is 0 Å². The Morgan fingerprint density at radius 1 is 1.44 bits per heavy atom. The second-order valence-electron chi connectivity index (χ2n) is 5.74. The molecule has 1 fully saturated rings. The number of nitrogens with one attached hydrogen (secondary N) is 1. The molecule has 0 saturated heterocycles. The van der Waals surface area contributed by atoms with Gasteiger partial charge in [-0.1, -0.05) is 25.5 Å². The predicted octanol–water partition coefficient (Wildman–Crippen LogP) is 2.83. The SMILES string of the molecule is Cc1nn(C)c(C)c1C=C(CNC1CC1)C(C)C. The van der Waals surface area contributed by atoms with Crippen molar-refractivity contribution in [2.24, 2.45) is 13.0 Å². The van der Waals surface area contributed by atoms with E-state index in [1.54, 1.807) is 0 Å². The van der Waals surface area contributed by atoms with Crippen LogP contribution in [0.15, 0.2) is 5.57 Å². The van der Waals surface area contributed by atoms with Crippen LogP contribution in [0.25, 0.3) is 6.08 Å². The molecule has 0 radical (unpaired) electrons. The minimum absolute atomic E-state index is 0.579. The summed E-state index contributed by atoms with van der Waals surface area (Å²) in [6, 6.07) is 0.767. The minimum Gasteiger partial charge on any atom is -0.310 e. The third kappa shape index (κ3) is 3.02. The Morgan fingerprint density at radius 3 is 2.56 bits per heavy atom. The highest BCUT2D eigenvalue weighted by molar-refractivity contribution is 5.58. The molecule has 1 aromatic rings. The molecule has 1 N–H and O–H groups in total. The highest BCUT2D eigenvalue weighted by Crippen LogP contribution is 2.22. The summed E-state index contributed by atoms with van der Waals surface area (Å²) in [5, 5.41) is 8.09. The molecule has 0 aliphatic heterocycles. The number of hydrogen-bond acceptors (Lipinski definition) is 2. The Morgan fingerprint density at radius 2 is 2.11 bits per heavy atom. The van der Waals surface area contributed by atoms with Crippen molar-refractivity contribution in [1.82, 2.24) is 15.1 Å². The van der Waals surface area contributed by atoms with Crippen LogP contribution in [0.2, 0.25) is 0 Å². The molecule has 0 amide bonds. The van der Waals surface area contributed by atoms with E-state index in [4.69, 9.17) is 0 Å². The standard InChI is InChI=1S/C15H25N3/c1-10(2)13(9-16-14-6-7-14)8-15-11(3)17-18(5)12(15)4/h8,10,14,16H,6-7,9H2,1-5H3. The fraction of sp³-hybridized carbons (Fsp3) is 0.667. The Hall–Kier alpha value is -1.09. The van der Waals surface area contributed by atoms with Gasteiger partial charge in [-0.25, -0.2) is 0 Å². The van der Waals surface area contributed by atoms with Crippen molar-refractivity contribution in [3.05, 3.63) is 22.5 Å². The summed E-state index contributed by atoms with van der Waals surface area (Å²) in [4.78, 5) is 0. The fourth-order valence-corrected chi connectivity index (χ4v) is 2.16. The summed E-state index contributed by atoms with van der Waals surface area (Å²) < 4.78 is 1.97. The second kappa shape index (κ2) is 5.27. The maximum atomic E-state index is 4.48.